The normalized spacial score (nSPS) is 11.5. The zero-order chi connectivity index (χ0) is 15.1. The molecule has 1 aromatic carbocycles. The first-order chi connectivity index (χ1) is 10.2. The summed E-state index contributed by atoms with van der Waals surface area (Å²) in [5.74, 6) is 1.50. The quantitative estimate of drug-likeness (QED) is 0.872. The molecule has 108 valence electrons. The highest BCUT2D eigenvalue weighted by Crippen LogP contribution is 2.26. The minimum absolute atomic E-state index is 0.0802. The van der Waals surface area contributed by atoms with Gasteiger partial charge in [-0.2, -0.15) is 5.26 Å². The maximum atomic E-state index is 8.83. The number of ether oxygens (including phenoxy) is 1. The summed E-state index contributed by atoms with van der Waals surface area (Å²) in [6.07, 6.45) is 2.70. The van der Waals surface area contributed by atoms with Gasteiger partial charge in [0.2, 0.25) is 0 Å². The molecule has 2 aromatic rings. The van der Waals surface area contributed by atoms with Gasteiger partial charge < -0.3 is 10.1 Å². The second kappa shape index (κ2) is 7.30. The topological polar surface area (TPSA) is 57.9 Å². The van der Waals surface area contributed by atoms with E-state index in [0.717, 1.165) is 23.6 Å². The molecule has 1 N–H and O–H groups in total. The van der Waals surface area contributed by atoms with Crippen molar-refractivity contribution in [2.75, 3.05) is 11.9 Å². The molecule has 1 atom stereocenters. The van der Waals surface area contributed by atoms with E-state index < -0.39 is 0 Å². The van der Waals surface area contributed by atoms with E-state index in [-0.39, 0.29) is 6.04 Å². The van der Waals surface area contributed by atoms with E-state index in [0.29, 0.717) is 12.2 Å². The number of hydrogen-bond donors (Lipinski definition) is 1. The fraction of sp³-hybridized carbons (Fsp3) is 0.294. The summed E-state index contributed by atoms with van der Waals surface area (Å²) in [5.41, 5.74) is 1.76. The molecular weight excluding hydrogens is 262 g/mol. The number of rotatable bonds is 6. The summed E-state index contributed by atoms with van der Waals surface area (Å²) in [7, 11) is 0. The van der Waals surface area contributed by atoms with Crippen molar-refractivity contribution in [2.45, 2.75) is 26.3 Å². The van der Waals surface area contributed by atoms with Crippen LogP contribution in [-0.4, -0.2) is 11.6 Å². The molecule has 0 aliphatic rings. The van der Waals surface area contributed by atoms with Crippen molar-refractivity contribution < 1.29 is 4.74 Å². The third-order valence-electron chi connectivity index (χ3n) is 3.13. The van der Waals surface area contributed by atoms with Crippen LogP contribution in [0.4, 0.5) is 5.82 Å². The summed E-state index contributed by atoms with van der Waals surface area (Å²) in [5, 5.41) is 12.2. The van der Waals surface area contributed by atoms with E-state index in [1.807, 2.05) is 36.4 Å². The Morgan fingerprint density at radius 3 is 2.71 bits per heavy atom. The Morgan fingerprint density at radius 1 is 1.29 bits per heavy atom. The van der Waals surface area contributed by atoms with Gasteiger partial charge in [0.05, 0.1) is 24.3 Å². The molecule has 4 heteroatoms. The monoisotopic (exact) mass is 281 g/mol. The minimum atomic E-state index is 0.0802. The predicted octanol–water partition coefficient (Wildman–Crippen LogP) is 3.92. The lowest BCUT2D eigenvalue weighted by molar-refractivity contribution is 0.317. The van der Waals surface area contributed by atoms with E-state index >= 15 is 0 Å². The molecule has 0 amide bonds. The van der Waals surface area contributed by atoms with Crippen molar-refractivity contribution in [3.8, 4) is 11.8 Å². The molecule has 0 radical (unpaired) electrons. The third-order valence-corrected chi connectivity index (χ3v) is 3.13. The van der Waals surface area contributed by atoms with Crippen molar-refractivity contribution >= 4 is 5.82 Å². The number of anilines is 1. The first kappa shape index (κ1) is 14.9. The standard InChI is InChI=1S/C17H19N3O/c1-3-11-21-16-5-4-10-19-17(16)20-13(2)15-8-6-14(12-18)7-9-15/h4-10,13H,3,11H2,1-2H3,(H,19,20). The molecule has 0 aliphatic carbocycles. The number of aromatic nitrogens is 1. The molecule has 0 fully saturated rings. The average Bonchev–Trinajstić information content (AvgIpc) is 2.54. The van der Waals surface area contributed by atoms with E-state index in [1.165, 1.54) is 0 Å². The van der Waals surface area contributed by atoms with Gasteiger partial charge in [-0.1, -0.05) is 19.1 Å². The molecule has 0 saturated heterocycles. The SMILES string of the molecule is CCCOc1cccnc1NC(C)c1ccc(C#N)cc1. The van der Waals surface area contributed by atoms with Gasteiger partial charge in [-0.05, 0) is 43.2 Å². The Kier molecular flexibility index (Phi) is 5.16. The van der Waals surface area contributed by atoms with Gasteiger partial charge in [-0.3, -0.25) is 0 Å². The van der Waals surface area contributed by atoms with Crippen LogP contribution in [0, 0.1) is 11.3 Å². The average molecular weight is 281 g/mol. The molecule has 0 saturated carbocycles. The lowest BCUT2D eigenvalue weighted by Crippen LogP contribution is -2.09. The molecule has 0 spiro atoms. The number of pyridine rings is 1. The number of nitrogens with zero attached hydrogens (tertiary/aromatic N) is 2. The van der Waals surface area contributed by atoms with E-state index in [9.17, 15) is 0 Å². The van der Waals surface area contributed by atoms with Gasteiger partial charge in [0.15, 0.2) is 11.6 Å². The van der Waals surface area contributed by atoms with Crippen molar-refractivity contribution in [3.63, 3.8) is 0 Å². The molecule has 0 aliphatic heterocycles. The molecule has 2 rings (SSSR count). The largest absolute Gasteiger partial charge is 0.490 e. The summed E-state index contributed by atoms with van der Waals surface area (Å²) in [6, 6.07) is 13.5. The molecule has 4 nitrogen and oxygen atoms in total. The predicted molar refractivity (Wildman–Crippen MR) is 83.2 cm³/mol. The Hall–Kier alpha value is -2.54. The summed E-state index contributed by atoms with van der Waals surface area (Å²) in [6.45, 7) is 4.80. The van der Waals surface area contributed by atoms with Crippen LogP contribution in [-0.2, 0) is 0 Å². The zero-order valence-electron chi connectivity index (χ0n) is 12.3. The number of nitrogens with one attached hydrogen (secondary N) is 1. The number of benzene rings is 1. The van der Waals surface area contributed by atoms with Crippen molar-refractivity contribution in [3.05, 3.63) is 53.7 Å². The summed E-state index contributed by atoms with van der Waals surface area (Å²) in [4.78, 5) is 4.34. The second-order valence-corrected chi connectivity index (χ2v) is 4.80. The summed E-state index contributed by atoms with van der Waals surface area (Å²) >= 11 is 0. The lowest BCUT2D eigenvalue weighted by atomic mass is 10.1. The van der Waals surface area contributed by atoms with E-state index in [1.54, 1.807) is 6.20 Å². The van der Waals surface area contributed by atoms with Gasteiger partial charge in [0.25, 0.3) is 0 Å². The van der Waals surface area contributed by atoms with Gasteiger partial charge in [-0.15, -0.1) is 0 Å². The zero-order valence-corrected chi connectivity index (χ0v) is 12.3. The van der Waals surface area contributed by atoms with Crippen LogP contribution < -0.4 is 10.1 Å². The second-order valence-electron chi connectivity index (χ2n) is 4.80. The fourth-order valence-electron chi connectivity index (χ4n) is 1.96. The molecule has 1 heterocycles. The highest BCUT2D eigenvalue weighted by Gasteiger charge is 2.10. The van der Waals surface area contributed by atoms with Crippen molar-refractivity contribution in [1.82, 2.24) is 4.98 Å². The highest BCUT2D eigenvalue weighted by atomic mass is 16.5. The van der Waals surface area contributed by atoms with Gasteiger partial charge in [0.1, 0.15) is 0 Å². The van der Waals surface area contributed by atoms with Gasteiger partial charge >= 0.3 is 0 Å². The maximum Gasteiger partial charge on any atom is 0.169 e. The number of hydrogen-bond acceptors (Lipinski definition) is 4. The van der Waals surface area contributed by atoms with Crippen LogP contribution in [0.25, 0.3) is 0 Å². The Balaban J connectivity index is 2.11. The lowest BCUT2D eigenvalue weighted by Gasteiger charge is -2.17. The van der Waals surface area contributed by atoms with Crippen molar-refractivity contribution in [1.29, 1.82) is 5.26 Å². The molecule has 21 heavy (non-hydrogen) atoms. The highest BCUT2D eigenvalue weighted by molar-refractivity contribution is 5.51. The van der Waals surface area contributed by atoms with Crippen LogP contribution in [0.15, 0.2) is 42.6 Å². The minimum Gasteiger partial charge on any atom is -0.490 e. The molecule has 0 bridgehead atoms. The molecular formula is C17H19N3O. The third kappa shape index (κ3) is 3.96. The molecule has 1 aromatic heterocycles. The Labute approximate surface area is 125 Å². The van der Waals surface area contributed by atoms with Gasteiger partial charge in [-0.25, -0.2) is 4.98 Å². The Morgan fingerprint density at radius 2 is 2.05 bits per heavy atom. The van der Waals surface area contributed by atoms with E-state index in [2.05, 4.69) is 30.2 Å². The first-order valence-electron chi connectivity index (χ1n) is 7.09. The van der Waals surface area contributed by atoms with Crippen molar-refractivity contribution in [2.24, 2.45) is 0 Å². The number of nitriles is 1. The van der Waals surface area contributed by atoms with Crippen LogP contribution in [0.2, 0.25) is 0 Å². The Bertz CT molecular complexity index is 617. The van der Waals surface area contributed by atoms with E-state index in [4.69, 9.17) is 10.00 Å². The molecule has 1 unspecified atom stereocenters. The first-order valence-corrected chi connectivity index (χ1v) is 7.09. The van der Waals surface area contributed by atoms with Crippen LogP contribution in [0.5, 0.6) is 5.75 Å². The van der Waals surface area contributed by atoms with Crippen LogP contribution in [0.1, 0.15) is 37.4 Å². The van der Waals surface area contributed by atoms with Crippen LogP contribution >= 0.6 is 0 Å². The smallest absolute Gasteiger partial charge is 0.169 e. The summed E-state index contributed by atoms with van der Waals surface area (Å²) < 4.78 is 5.69. The maximum absolute atomic E-state index is 8.83. The van der Waals surface area contributed by atoms with Crippen LogP contribution in [0.3, 0.4) is 0 Å². The fourth-order valence-corrected chi connectivity index (χ4v) is 1.96. The van der Waals surface area contributed by atoms with Gasteiger partial charge in [0, 0.05) is 6.20 Å².